The SMILES string of the molecule is Cc1cc(Cc2ccncc2)c[nH]c1=O. The van der Waals surface area contributed by atoms with Gasteiger partial charge in [0.2, 0.25) is 0 Å². The Hall–Kier alpha value is -1.90. The van der Waals surface area contributed by atoms with E-state index in [0.29, 0.717) is 0 Å². The maximum Gasteiger partial charge on any atom is 0.250 e. The maximum atomic E-state index is 11.2. The van der Waals surface area contributed by atoms with Gasteiger partial charge in [0.05, 0.1) is 0 Å². The fourth-order valence-corrected chi connectivity index (χ4v) is 1.50. The van der Waals surface area contributed by atoms with Gasteiger partial charge in [0, 0.05) is 24.2 Å². The molecule has 0 radical (unpaired) electrons. The van der Waals surface area contributed by atoms with Crippen LogP contribution in [-0.4, -0.2) is 9.97 Å². The van der Waals surface area contributed by atoms with Crippen molar-refractivity contribution in [3.8, 4) is 0 Å². The highest BCUT2D eigenvalue weighted by Crippen LogP contribution is 2.06. The summed E-state index contributed by atoms with van der Waals surface area (Å²) in [4.78, 5) is 17.8. The first-order valence-electron chi connectivity index (χ1n) is 4.83. The van der Waals surface area contributed by atoms with E-state index in [9.17, 15) is 4.79 Å². The lowest BCUT2D eigenvalue weighted by molar-refractivity contribution is 1.08. The molecule has 0 amide bonds. The van der Waals surface area contributed by atoms with Gasteiger partial charge in [-0.1, -0.05) is 0 Å². The summed E-state index contributed by atoms with van der Waals surface area (Å²) in [7, 11) is 0. The molecule has 0 aliphatic heterocycles. The zero-order valence-corrected chi connectivity index (χ0v) is 8.53. The highest BCUT2D eigenvalue weighted by Gasteiger charge is 1.98. The van der Waals surface area contributed by atoms with Gasteiger partial charge in [-0.3, -0.25) is 9.78 Å². The van der Waals surface area contributed by atoms with Gasteiger partial charge >= 0.3 is 0 Å². The number of nitrogens with zero attached hydrogens (tertiary/aromatic N) is 1. The molecule has 15 heavy (non-hydrogen) atoms. The summed E-state index contributed by atoms with van der Waals surface area (Å²) in [6, 6.07) is 5.86. The summed E-state index contributed by atoms with van der Waals surface area (Å²) in [6.45, 7) is 1.81. The van der Waals surface area contributed by atoms with Crippen LogP contribution < -0.4 is 5.56 Å². The van der Waals surface area contributed by atoms with Crippen molar-refractivity contribution >= 4 is 0 Å². The van der Waals surface area contributed by atoms with E-state index in [1.165, 1.54) is 5.56 Å². The summed E-state index contributed by atoms with van der Waals surface area (Å²) in [5.74, 6) is 0. The molecule has 0 unspecified atom stereocenters. The molecule has 2 heterocycles. The number of aromatic nitrogens is 2. The van der Waals surface area contributed by atoms with Crippen molar-refractivity contribution < 1.29 is 0 Å². The van der Waals surface area contributed by atoms with Crippen molar-refractivity contribution in [2.45, 2.75) is 13.3 Å². The largest absolute Gasteiger partial charge is 0.329 e. The van der Waals surface area contributed by atoms with E-state index in [1.54, 1.807) is 18.6 Å². The van der Waals surface area contributed by atoms with Gasteiger partial charge in [-0.15, -0.1) is 0 Å². The molecule has 0 aliphatic rings. The van der Waals surface area contributed by atoms with Gasteiger partial charge in [0.1, 0.15) is 0 Å². The molecule has 0 fully saturated rings. The zero-order valence-electron chi connectivity index (χ0n) is 8.53. The monoisotopic (exact) mass is 200 g/mol. The van der Waals surface area contributed by atoms with Gasteiger partial charge in [-0.25, -0.2) is 0 Å². The third kappa shape index (κ3) is 2.31. The van der Waals surface area contributed by atoms with Crippen LogP contribution in [0, 0.1) is 6.92 Å². The summed E-state index contributed by atoms with van der Waals surface area (Å²) < 4.78 is 0. The van der Waals surface area contributed by atoms with Crippen LogP contribution in [0.5, 0.6) is 0 Å². The Balaban J connectivity index is 2.26. The number of hydrogen-bond donors (Lipinski definition) is 1. The van der Waals surface area contributed by atoms with Crippen LogP contribution >= 0.6 is 0 Å². The van der Waals surface area contributed by atoms with Crippen molar-refractivity contribution in [1.82, 2.24) is 9.97 Å². The molecule has 0 saturated heterocycles. The average molecular weight is 200 g/mol. The first kappa shape index (κ1) is 9.65. The standard InChI is InChI=1S/C12H12N2O/c1-9-6-11(8-14-12(9)15)7-10-2-4-13-5-3-10/h2-6,8H,7H2,1H3,(H,14,15). The molecule has 0 aromatic carbocycles. The third-order valence-electron chi connectivity index (χ3n) is 2.31. The fourth-order valence-electron chi connectivity index (χ4n) is 1.50. The minimum Gasteiger partial charge on any atom is -0.329 e. The number of rotatable bonds is 2. The summed E-state index contributed by atoms with van der Waals surface area (Å²) in [5, 5.41) is 0. The summed E-state index contributed by atoms with van der Waals surface area (Å²) in [6.07, 6.45) is 6.12. The Labute approximate surface area is 87.8 Å². The van der Waals surface area contributed by atoms with Gasteiger partial charge in [0.25, 0.3) is 5.56 Å². The van der Waals surface area contributed by atoms with Gasteiger partial charge in [-0.2, -0.15) is 0 Å². The van der Waals surface area contributed by atoms with Gasteiger partial charge in [0.15, 0.2) is 0 Å². The second kappa shape index (κ2) is 4.09. The molecule has 76 valence electrons. The van der Waals surface area contributed by atoms with E-state index in [2.05, 4.69) is 9.97 Å². The molecule has 0 saturated carbocycles. The normalized spacial score (nSPS) is 10.2. The Morgan fingerprint density at radius 1 is 1.27 bits per heavy atom. The molecule has 0 atom stereocenters. The van der Waals surface area contributed by atoms with Crippen molar-refractivity contribution in [2.24, 2.45) is 0 Å². The average Bonchev–Trinajstić information content (AvgIpc) is 2.25. The second-order valence-electron chi connectivity index (χ2n) is 3.55. The predicted octanol–water partition coefficient (Wildman–Crippen LogP) is 1.67. The topological polar surface area (TPSA) is 45.8 Å². The first-order valence-corrected chi connectivity index (χ1v) is 4.83. The minimum absolute atomic E-state index is 0.0199. The van der Waals surface area contributed by atoms with Crippen LogP contribution in [-0.2, 0) is 6.42 Å². The van der Waals surface area contributed by atoms with E-state index in [4.69, 9.17) is 0 Å². The lowest BCUT2D eigenvalue weighted by Gasteiger charge is -2.01. The molecule has 0 spiro atoms. The quantitative estimate of drug-likeness (QED) is 0.801. The van der Waals surface area contributed by atoms with Crippen molar-refractivity contribution in [1.29, 1.82) is 0 Å². The van der Waals surface area contributed by atoms with E-state index in [0.717, 1.165) is 17.5 Å². The predicted molar refractivity (Wildman–Crippen MR) is 58.8 cm³/mol. The van der Waals surface area contributed by atoms with Crippen LogP contribution in [0.15, 0.2) is 41.6 Å². The molecular formula is C12H12N2O. The first-order chi connectivity index (χ1) is 7.25. The van der Waals surface area contributed by atoms with Crippen LogP contribution in [0.1, 0.15) is 16.7 Å². The number of hydrogen-bond acceptors (Lipinski definition) is 2. The summed E-state index contributed by atoms with van der Waals surface area (Å²) >= 11 is 0. The Morgan fingerprint density at radius 2 is 2.00 bits per heavy atom. The smallest absolute Gasteiger partial charge is 0.250 e. The van der Waals surface area contributed by atoms with Crippen molar-refractivity contribution in [3.63, 3.8) is 0 Å². The number of pyridine rings is 2. The van der Waals surface area contributed by atoms with Crippen LogP contribution in [0.3, 0.4) is 0 Å². The highest BCUT2D eigenvalue weighted by atomic mass is 16.1. The molecule has 2 rings (SSSR count). The molecule has 2 aromatic rings. The third-order valence-corrected chi connectivity index (χ3v) is 2.31. The zero-order chi connectivity index (χ0) is 10.7. The number of H-pyrrole nitrogens is 1. The second-order valence-corrected chi connectivity index (χ2v) is 3.55. The number of nitrogens with one attached hydrogen (secondary N) is 1. The molecule has 2 aromatic heterocycles. The Morgan fingerprint density at radius 3 is 2.67 bits per heavy atom. The van der Waals surface area contributed by atoms with E-state index >= 15 is 0 Å². The van der Waals surface area contributed by atoms with Crippen LogP contribution in [0.25, 0.3) is 0 Å². The minimum atomic E-state index is -0.0199. The Kier molecular flexibility index (Phi) is 2.63. The number of aryl methyl sites for hydroxylation is 1. The van der Waals surface area contributed by atoms with E-state index < -0.39 is 0 Å². The molecule has 3 heteroatoms. The fraction of sp³-hybridized carbons (Fsp3) is 0.167. The maximum absolute atomic E-state index is 11.2. The molecule has 1 N–H and O–H groups in total. The van der Waals surface area contributed by atoms with Gasteiger partial charge < -0.3 is 4.98 Å². The van der Waals surface area contributed by atoms with Crippen LogP contribution in [0.4, 0.5) is 0 Å². The Bertz CT molecular complexity index is 503. The molecular weight excluding hydrogens is 188 g/mol. The van der Waals surface area contributed by atoms with Crippen LogP contribution in [0.2, 0.25) is 0 Å². The lowest BCUT2D eigenvalue weighted by atomic mass is 10.1. The van der Waals surface area contributed by atoms with Crippen molar-refractivity contribution in [3.05, 3.63) is 63.8 Å². The van der Waals surface area contributed by atoms with E-state index in [-0.39, 0.29) is 5.56 Å². The number of aromatic amines is 1. The molecule has 0 bridgehead atoms. The highest BCUT2D eigenvalue weighted by molar-refractivity contribution is 5.24. The van der Waals surface area contributed by atoms with Gasteiger partial charge in [-0.05, 0) is 42.7 Å². The lowest BCUT2D eigenvalue weighted by Crippen LogP contribution is -2.09. The van der Waals surface area contributed by atoms with Crippen molar-refractivity contribution in [2.75, 3.05) is 0 Å². The summed E-state index contributed by atoms with van der Waals surface area (Å²) in [5.41, 5.74) is 3.03. The molecule has 3 nitrogen and oxygen atoms in total. The molecule has 0 aliphatic carbocycles. The van der Waals surface area contributed by atoms with E-state index in [1.807, 2.05) is 25.1 Å².